The zero-order valence-corrected chi connectivity index (χ0v) is 19.5. The second-order valence-corrected chi connectivity index (χ2v) is 7.81. The van der Waals surface area contributed by atoms with Gasteiger partial charge in [-0.25, -0.2) is 0 Å². The number of hydrogen-bond donors (Lipinski definition) is 0. The summed E-state index contributed by atoms with van der Waals surface area (Å²) in [7, 11) is 0. The first-order valence-electron chi connectivity index (χ1n) is 8.99. The van der Waals surface area contributed by atoms with E-state index in [1.165, 1.54) is 33.0 Å². The second-order valence-electron chi connectivity index (χ2n) is 7.81. The molecule has 4 heteroatoms. The molecular formula is C24H24Cl2NTi. The summed E-state index contributed by atoms with van der Waals surface area (Å²) in [6, 6.07) is 21.9. The van der Waals surface area contributed by atoms with Crippen LogP contribution in [-0.2, 0) is 28.3 Å². The van der Waals surface area contributed by atoms with Crippen molar-refractivity contribution in [2.24, 2.45) is 0 Å². The van der Waals surface area contributed by atoms with E-state index in [0.29, 0.717) is 5.92 Å². The molecule has 3 aromatic carbocycles. The van der Waals surface area contributed by atoms with Gasteiger partial charge in [0.1, 0.15) is 0 Å². The minimum atomic E-state index is -0.0301. The number of fused-ring (bicyclic) bond motifs is 2. The quantitative estimate of drug-likeness (QED) is 0.527. The number of halogens is 2. The van der Waals surface area contributed by atoms with Crippen molar-refractivity contribution in [1.82, 2.24) is 0 Å². The Hall–Kier alpha value is -1.09. The van der Waals surface area contributed by atoms with E-state index in [0.717, 1.165) is 6.54 Å². The van der Waals surface area contributed by atoms with Crippen molar-refractivity contribution in [2.45, 2.75) is 38.8 Å². The Morgan fingerprint density at radius 3 is 2.25 bits per heavy atom. The normalized spacial score (nSPS) is 14.6. The summed E-state index contributed by atoms with van der Waals surface area (Å²) < 4.78 is 0. The van der Waals surface area contributed by atoms with E-state index in [-0.39, 0.29) is 52.1 Å². The Labute approximate surface area is 195 Å². The van der Waals surface area contributed by atoms with Gasteiger partial charge >= 0.3 is 21.7 Å². The van der Waals surface area contributed by atoms with Crippen molar-refractivity contribution >= 4 is 16.8 Å². The molecule has 0 fully saturated rings. The molecule has 1 nitrogen and oxygen atoms in total. The molecule has 0 aliphatic heterocycles. The van der Waals surface area contributed by atoms with Crippen LogP contribution >= 0.6 is 0 Å². The number of benzene rings is 3. The van der Waals surface area contributed by atoms with Gasteiger partial charge in [0.25, 0.3) is 0 Å². The molecule has 1 unspecified atom stereocenters. The van der Waals surface area contributed by atoms with Crippen molar-refractivity contribution in [3.8, 4) is 0 Å². The smallest absolute Gasteiger partial charge is 1.00 e. The zero-order valence-electron chi connectivity index (χ0n) is 16.4. The first kappa shape index (κ1) is 25.0. The molecule has 3 aromatic rings. The summed E-state index contributed by atoms with van der Waals surface area (Å²) in [5.74, 6) is 0.325. The fourth-order valence-electron chi connectivity index (χ4n) is 3.66. The van der Waals surface area contributed by atoms with Gasteiger partial charge in [-0.2, -0.15) is 0 Å². The number of rotatable bonds is 3. The molecule has 143 valence electrons. The molecule has 0 N–H and O–H groups in total. The minimum absolute atomic E-state index is 0. The first-order valence-corrected chi connectivity index (χ1v) is 8.99. The second kappa shape index (κ2) is 10.1. The summed E-state index contributed by atoms with van der Waals surface area (Å²) in [6.07, 6.45) is 4.58. The summed E-state index contributed by atoms with van der Waals surface area (Å²) in [4.78, 5) is 0. The molecule has 28 heavy (non-hydrogen) atoms. The van der Waals surface area contributed by atoms with Gasteiger partial charge in [-0.15, -0.1) is 12.1 Å². The Kier molecular flexibility index (Phi) is 9.00. The monoisotopic (exact) mass is 444 g/mol. The molecule has 0 amide bonds. The molecule has 1 atom stereocenters. The molecule has 0 saturated heterocycles. The summed E-state index contributed by atoms with van der Waals surface area (Å²) in [5, 5.41) is 7.56. The predicted octanol–water partition coefficient (Wildman–Crippen LogP) is 0.676. The first-order chi connectivity index (χ1) is 12.0. The topological polar surface area (TPSA) is 14.1 Å². The number of hydrogen-bond acceptors (Lipinski definition) is 0. The summed E-state index contributed by atoms with van der Waals surface area (Å²) in [6.45, 7) is 7.26. The van der Waals surface area contributed by atoms with Crippen molar-refractivity contribution in [3.63, 3.8) is 0 Å². The molecular weight excluding hydrogens is 421 g/mol. The maximum absolute atomic E-state index is 4.94. The fourth-order valence-corrected chi connectivity index (χ4v) is 3.66. The van der Waals surface area contributed by atoms with Crippen LogP contribution in [0.3, 0.4) is 0 Å². The minimum Gasteiger partial charge on any atom is -1.00 e. The van der Waals surface area contributed by atoms with Gasteiger partial charge in [0.15, 0.2) is 0 Å². The maximum atomic E-state index is 4.94. The fraction of sp³-hybridized carbons (Fsp3) is 0.250. The van der Waals surface area contributed by atoms with Crippen LogP contribution < -0.4 is 24.8 Å². The van der Waals surface area contributed by atoms with E-state index in [9.17, 15) is 0 Å². The van der Waals surface area contributed by atoms with Gasteiger partial charge in [0.05, 0.1) is 0 Å². The summed E-state index contributed by atoms with van der Waals surface area (Å²) >= 11 is 0. The van der Waals surface area contributed by atoms with Crippen LogP contribution in [0.15, 0.2) is 66.7 Å². The van der Waals surface area contributed by atoms with Crippen LogP contribution in [0.5, 0.6) is 0 Å². The number of nitrogens with zero attached hydrogens (tertiary/aromatic N) is 1. The average molecular weight is 445 g/mol. The van der Waals surface area contributed by atoms with Crippen LogP contribution in [0.1, 0.15) is 48.9 Å². The van der Waals surface area contributed by atoms with E-state index < -0.39 is 0 Å². The van der Waals surface area contributed by atoms with Gasteiger partial charge in [-0.3, -0.25) is 0 Å². The van der Waals surface area contributed by atoms with Gasteiger partial charge in [-0.05, 0) is 27.5 Å². The van der Waals surface area contributed by atoms with E-state index in [2.05, 4.69) is 93.6 Å². The molecule has 0 heterocycles. The Bertz CT molecular complexity index is 960. The zero-order chi connectivity index (χ0) is 17.4. The molecule has 0 bridgehead atoms. The summed E-state index contributed by atoms with van der Waals surface area (Å²) in [5.41, 5.74) is 5.44. The van der Waals surface area contributed by atoms with Gasteiger partial charge in [0.2, 0.25) is 0 Å². The predicted molar refractivity (Wildman–Crippen MR) is 108 cm³/mol. The van der Waals surface area contributed by atoms with Gasteiger partial charge < -0.3 is 30.1 Å². The third kappa shape index (κ3) is 5.09. The van der Waals surface area contributed by atoms with Crippen LogP contribution in [0, 0.1) is 0 Å². The van der Waals surface area contributed by atoms with Crippen LogP contribution in [0.4, 0.5) is 0 Å². The Morgan fingerprint density at radius 2 is 1.50 bits per heavy atom. The van der Waals surface area contributed by atoms with E-state index in [1.54, 1.807) is 0 Å². The molecule has 0 aromatic heterocycles. The van der Waals surface area contributed by atoms with E-state index in [1.807, 2.05) is 0 Å². The molecule has 0 saturated carbocycles. The molecule has 4 rings (SSSR count). The van der Waals surface area contributed by atoms with Crippen molar-refractivity contribution in [2.75, 3.05) is 0 Å². The van der Waals surface area contributed by atoms with Crippen LogP contribution in [0.25, 0.3) is 22.2 Å². The van der Waals surface area contributed by atoms with Crippen molar-refractivity contribution in [1.29, 1.82) is 0 Å². The maximum Gasteiger partial charge on any atom is 3.00 e. The van der Waals surface area contributed by atoms with Crippen LogP contribution in [0.2, 0.25) is 0 Å². The van der Waals surface area contributed by atoms with Crippen molar-refractivity contribution in [3.05, 3.63) is 94.3 Å². The van der Waals surface area contributed by atoms with Crippen LogP contribution in [-0.4, -0.2) is 5.54 Å². The third-order valence-corrected chi connectivity index (χ3v) is 4.92. The third-order valence-electron chi connectivity index (χ3n) is 4.92. The standard InChI is InChI=1S/C24H24N.2ClH.Ti/c1-24(2,3)25-16-23-20-11-7-5-9-18(20)13-15-22(23)21-14-12-17-8-4-6-10-19(17)21;;;/h4-15,21H,16H2,1-3H3;2*1H;/q-1;;;+3/p-2. The molecule has 1 aliphatic carbocycles. The molecule has 1 aliphatic rings. The Balaban J connectivity index is 0.00000131. The van der Waals surface area contributed by atoms with Crippen molar-refractivity contribution < 1.29 is 46.5 Å². The SMILES string of the molecule is CC(C)(C)[N-]Cc1c(C2C=Cc3ccccc32)ccc2ccccc12.[Cl-].[Cl-].[Ti+3]. The Morgan fingerprint density at radius 1 is 0.821 bits per heavy atom. The average Bonchev–Trinajstić information content (AvgIpc) is 3.02. The van der Waals surface area contributed by atoms with Gasteiger partial charge in [-0.1, -0.05) is 99.2 Å². The molecule has 1 radical (unpaired) electrons. The van der Waals surface area contributed by atoms with E-state index in [4.69, 9.17) is 5.32 Å². The largest absolute Gasteiger partial charge is 3.00 e. The van der Waals surface area contributed by atoms with Gasteiger partial charge in [0, 0.05) is 5.92 Å². The molecule has 0 spiro atoms. The van der Waals surface area contributed by atoms with E-state index >= 15 is 0 Å². The number of allylic oxidation sites excluding steroid dienone is 1.